The van der Waals surface area contributed by atoms with E-state index in [1.165, 1.54) is 0 Å². The summed E-state index contributed by atoms with van der Waals surface area (Å²) in [7, 11) is 5.62. The minimum Gasteiger partial charge on any atom is -0.497 e. The molecular formula is C34H36N2O4. The van der Waals surface area contributed by atoms with Gasteiger partial charge in [-0.3, -0.25) is 14.6 Å². The molecule has 206 valence electrons. The zero-order chi connectivity index (χ0) is 28.2. The number of benzene rings is 3. The Kier molecular flexibility index (Phi) is 8.15. The fraction of sp³-hybridized carbons (Fsp3) is 0.324. The second-order valence-electron chi connectivity index (χ2n) is 10.8. The molecule has 0 fully saturated rings. The summed E-state index contributed by atoms with van der Waals surface area (Å²) in [5.41, 5.74) is 6.29. The van der Waals surface area contributed by atoms with E-state index < -0.39 is 11.8 Å². The Morgan fingerprint density at radius 2 is 1.60 bits per heavy atom. The highest BCUT2D eigenvalue weighted by Gasteiger charge is 2.44. The highest BCUT2D eigenvalue weighted by Crippen LogP contribution is 2.47. The van der Waals surface area contributed by atoms with Crippen molar-refractivity contribution in [1.82, 2.24) is 0 Å². The zero-order valence-electron chi connectivity index (χ0n) is 23.6. The third kappa shape index (κ3) is 5.71. The second-order valence-corrected chi connectivity index (χ2v) is 10.8. The van der Waals surface area contributed by atoms with Gasteiger partial charge >= 0.3 is 5.97 Å². The van der Waals surface area contributed by atoms with E-state index in [-0.39, 0.29) is 24.3 Å². The Hall–Kier alpha value is -4.19. The lowest BCUT2D eigenvalue weighted by Gasteiger charge is -2.36. The summed E-state index contributed by atoms with van der Waals surface area (Å²) in [6.07, 6.45) is 1.66. The highest BCUT2D eigenvalue weighted by molar-refractivity contribution is 6.09. The van der Waals surface area contributed by atoms with E-state index in [1.807, 2.05) is 105 Å². The molecule has 0 amide bonds. The standard InChI is InChI=1S/C34H36N2O4/c1-22-31(34(38)40-19-18-23-8-6-5-7-9-23)32(25-10-14-27(15-11-25)36(2)3)33-29(35-22)20-26(21-30(33)37)24-12-16-28(39-4)17-13-24/h5-17,26,31-32H,18-21H2,1-4H3/t26-,31?,32+/m0/s1. The lowest BCUT2D eigenvalue weighted by atomic mass is 9.69. The molecule has 0 N–H and O–H groups in total. The first-order chi connectivity index (χ1) is 19.4. The minimum atomic E-state index is -0.652. The van der Waals surface area contributed by atoms with Gasteiger partial charge in [0.1, 0.15) is 11.7 Å². The fourth-order valence-corrected chi connectivity index (χ4v) is 5.82. The summed E-state index contributed by atoms with van der Waals surface area (Å²) in [6.45, 7) is 2.16. The van der Waals surface area contributed by atoms with Gasteiger partial charge in [-0.1, -0.05) is 54.6 Å². The van der Waals surface area contributed by atoms with Crippen LogP contribution < -0.4 is 9.64 Å². The van der Waals surface area contributed by atoms with E-state index in [0.29, 0.717) is 30.5 Å². The Labute approximate surface area is 236 Å². The molecule has 0 aromatic heterocycles. The van der Waals surface area contributed by atoms with Crippen molar-refractivity contribution >= 4 is 23.2 Å². The van der Waals surface area contributed by atoms with E-state index in [4.69, 9.17) is 14.5 Å². The van der Waals surface area contributed by atoms with Gasteiger partial charge in [-0.15, -0.1) is 0 Å². The monoisotopic (exact) mass is 536 g/mol. The van der Waals surface area contributed by atoms with Crippen molar-refractivity contribution in [3.63, 3.8) is 0 Å². The van der Waals surface area contributed by atoms with Crippen LogP contribution in [0.1, 0.15) is 48.3 Å². The SMILES string of the molecule is COc1ccc([C@@H]2CC(=O)C3=C(C2)N=C(C)C(C(=O)OCCc2ccccc2)[C@H]3c2ccc(N(C)C)cc2)cc1. The van der Waals surface area contributed by atoms with Crippen LogP contribution in [0.2, 0.25) is 0 Å². The summed E-state index contributed by atoms with van der Waals surface area (Å²) in [5, 5.41) is 0. The molecule has 0 bridgehead atoms. The van der Waals surface area contributed by atoms with E-state index >= 15 is 0 Å². The lowest BCUT2D eigenvalue weighted by Crippen LogP contribution is -2.38. The summed E-state index contributed by atoms with van der Waals surface area (Å²) < 4.78 is 11.1. The number of nitrogens with zero attached hydrogens (tertiary/aromatic N) is 2. The first kappa shape index (κ1) is 27.4. The number of Topliss-reactive ketones (excluding diaryl/α,β-unsaturated/α-hetero) is 1. The van der Waals surface area contributed by atoms with Crippen molar-refractivity contribution < 1.29 is 19.1 Å². The smallest absolute Gasteiger partial charge is 0.315 e. The molecule has 3 atom stereocenters. The van der Waals surface area contributed by atoms with Gasteiger partial charge in [0.2, 0.25) is 0 Å². The summed E-state index contributed by atoms with van der Waals surface area (Å²) >= 11 is 0. The number of rotatable bonds is 8. The molecular weight excluding hydrogens is 500 g/mol. The minimum absolute atomic E-state index is 0.0276. The molecule has 1 aliphatic carbocycles. The van der Waals surface area contributed by atoms with Crippen molar-refractivity contribution in [2.45, 2.75) is 38.0 Å². The molecule has 0 spiro atoms. The van der Waals surface area contributed by atoms with Crippen LogP contribution in [0, 0.1) is 5.92 Å². The predicted molar refractivity (Wildman–Crippen MR) is 158 cm³/mol. The molecule has 1 heterocycles. The van der Waals surface area contributed by atoms with Crippen molar-refractivity contribution in [3.8, 4) is 5.75 Å². The Morgan fingerprint density at radius 1 is 0.925 bits per heavy atom. The van der Waals surface area contributed by atoms with Crippen molar-refractivity contribution in [2.75, 3.05) is 32.7 Å². The number of anilines is 1. The van der Waals surface area contributed by atoms with Gasteiger partial charge in [-0.2, -0.15) is 0 Å². The highest BCUT2D eigenvalue weighted by atomic mass is 16.5. The van der Waals surface area contributed by atoms with Crippen LogP contribution in [0.25, 0.3) is 0 Å². The average Bonchev–Trinajstić information content (AvgIpc) is 2.97. The van der Waals surface area contributed by atoms with Gasteiger partial charge in [0.15, 0.2) is 5.78 Å². The van der Waals surface area contributed by atoms with Crippen LogP contribution in [0.5, 0.6) is 5.75 Å². The van der Waals surface area contributed by atoms with E-state index in [1.54, 1.807) is 7.11 Å². The van der Waals surface area contributed by atoms with E-state index in [0.717, 1.165) is 33.8 Å². The Balaban J connectivity index is 1.46. The van der Waals surface area contributed by atoms with Crippen LogP contribution in [0.4, 0.5) is 5.69 Å². The van der Waals surface area contributed by atoms with Crippen LogP contribution in [-0.2, 0) is 20.7 Å². The largest absolute Gasteiger partial charge is 0.497 e. The second kappa shape index (κ2) is 11.9. The molecule has 40 heavy (non-hydrogen) atoms. The number of hydrogen-bond acceptors (Lipinski definition) is 6. The van der Waals surface area contributed by atoms with Gasteiger partial charge in [-0.05, 0) is 60.2 Å². The topological polar surface area (TPSA) is 68.2 Å². The number of carbonyl (C=O) groups is 2. The molecule has 0 radical (unpaired) electrons. The molecule has 5 rings (SSSR count). The Bertz CT molecular complexity index is 1420. The van der Waals surface area contributed by atoms with Crippen LogP contribution >= 0.6 is 0 Å². The lowest BCUT2D eigenvalue weighted by molar-refractivity contribution is -0.146. The van der Waals surface area contributed by atoms with Crippen molar-refractivity contribution in [2.24, 2.45) is 10.9 Å². The first-order valence-electron chi connectivity index (χ1n) is 13.8. The molecule has 0 saturated heterocycles. The number of esters is 1. The normalized spacial score (nSPS) is 20.4. The third-order valence-corrected chi connectivity index (χ3v) is 7.98. The summed E-state index contributed by atoms with van der Waals surface area (Å²) in [4.78, 5) is 34.4. The third-order valence-electron chi connectivity index (χ3n) is 7.98. The van der Waals surface area contributed by atoms with Gasteiger partial charge < -0.3 is 14.4 Å². The van der Waals surface area contributed by atoms with Crippen LogP contribution in [0.3, 0.4) is 0 Å². The number of aliphatic imine (C=N–C) groups is 1. The van der Waals surface area contributed by atoms with Crippen LogP contribution in [-0.4, -0.2) is 45.3 Å². The molecule has 1 aliphatic heterocycles. The van der Waals surface area contributed by atoms with E-state index in [9.17, 15) is 9.59 Å². The predicted octanol–water partition coefficient (Wildman–Crippen LogP) is 6.12. The maximum absolute atomic E-state index is 13.9. The van der Waals surface area contributed by atoms with Crippen molar-refractivity contribution in [3.05, 3.63) is 107 Å². The summed E-state index contributed by atoms with van der Waals surface area (Å²) in [6, 6.07) is 26.0. The van der Waals surface area contributed by atoms with Gasteiger partial charge in [-0.25, -0.2) is 0 Å². The zero-order valence-corrected chi connectivity index (χ0v) is 23.6. The first-order valence-corrected chi connectivity index (χ1v) is 13.8. The quantitative estimate of drug-likeness (QED) is 0.325. The Morgan fingerprint density at radius 3 is 2.25 bits per heavy atom. The van der Waals surface area contributed by atoms with Crippen LogP contribution in [0.15, 0.2) is 95.1 Å². The number of ether oxygens (including phenoxy) is 2. The molecule has 6 heteroatoms. The fourth-order valence-electron chi connectivity index (χ4n) is 5.82. The van der Waals surface area contributed by atoms with Gasteiger partial charge in [0, 0.05) is 55.5 Å². The molecule has 3 aromatic carbocycles. The number of methoxy groups -OCH3 is 1. The molecule has 0 saturated carbocycles. The number of hydrogen-bond donors (Lipinski definition) is 0. The molecule has 2 aliphatic rings. The molecule has 1 unspecified atom stereocenters. The van der Waals surface area contributed by atoms with E-state index in [2.05, 4.69) is 0 Å². The number of ketones is 1. The molecule has 3 aromatic rings. The maximum atomic E-state index is 13.9. The summed E-state index contributed by atoms with van der Waals surface area (Å²) in [5.74, 6) is -0.567. The van der Waals surface area contributed by atoms with Gasteiger partial charge in [0.25, 0.3) is 0 Å². The van der Waals surface area contributed by atoms with Crippen molar-refractivity contribution in [1.29, 1.82) is 0 Å². The average molecular weight is 537 g/mol. The van der Waals surface area contributed by atoms with Gasteiger partial charge in [0.05, 0.1) is 13.7 Å². The molecule has 6 nitrogen and oxygen atoms in total. The number of carbonyl (C=O) groups excluding carboxylic acids is 2. The maximum Gasteiger partial charge on any atom is 0.315 e. The number of allylic oxidation sites excluding steroid dienone is 2.